The number of likely N-dealkylation sites (tertiary alicyclic amines) is 1. The molecule has 2 amide bonds. The van der Waals surface area contributed by atoms with Gasteiger partial charge in [-0.3, -0.25) is 9.59 Å². The van der Waals surface area contributed by atoms with Crippen molar-refractivity contribution < 1.29 is 14.3 Å². The fraction of sp³-hybridized carbons (Fsp3) is 0.440. The molecule has 1 N–H and O–H groups in total. The van der Waals surface area contributed by atoms with Crippen LogP contribution in [0.15, 0.2) is 48.5 Å². The number of ether oxygens (including phenoxy) is 1. The van der Waals surface area contributed by atoms with Crippen LogP contribution in [0.5, 0.6) is 5.75 Å². The summed E-state index contributed by atoms with van der Waals surface area (Å²) in [6, 6.07) is 14.3. The molecule has 5 nitrogen and oxygen atoms in total. The van der Waals surface area contributed by atoms with Crippen LogP contribution in [0.4, 0.5) is 5.69 Å². The second kappa shape index (κ2) is 10.8. The van der Waals surface area contributed by atoms with Gasteiger partial charge in [-0.2, -0.15) is 0 Å². The van der Waals surface area contributed by atoms with Gasteiger partial charge >= 0.3 is 0 Å². The number of hydrogen-bond acceptors (Lipinski definition) is 3. The molecular formula is C25H32N2O3. The summed E-state index contributed by atoms with van der Waals surface area (Å²) >= 11 is 0. The van der Waals surface area contributed by atoms with Gasteiger partial charge in [0.25, 0.3) is 11.8 Å². The summed E-state index contributed by atoms with van der Waals surface area (Å²) in [6.45, 7) is 6.60. The molecule has 2 aromatic carbocycles. The Labute approximate surface area is 179 Å². The average Bonchev–Trinajstić information content (AvgIpc) is 3.03. The van der Waals surface area contributed by atoms with Gasteiger partial charge in [-0.25, -0.2) is 0 Å². The molecule has 0 aromatic heterocycles. The zero-order valence-electron chi connectivity index (χ0n) is 18.0. The van der Waals surface area contributed by atoms with Crippen molar-refractivity contribution in [1.82, 2.24) is 4.90 Å². The molecule has 30 heavy (non-hydrogen) atoms. The van der Waals surface area contributed by atoms with Gasteiger partial charge in [-0.1, -0.05) is 32.8 Å². The molecular weight excluding hydrogens is 376 g/mol. The third-order valence-corrected chi connectivity index (χ3v) is 5.34. The van der Waals surface area contributed by atoms with Gasteiger partial charge in [-0.15, -0.1) is 0 Å². The first-order valence-corrected chi connectivity index (χ1v) is 11.0. The highest BCUT2D eigenvalue weighted by molar-refractivity contribution is 6.05. The van der Waals surface area contributed by atoms with E-state index in [0.717, 1.165) is 38.1 Å². The van der Waals surface area contributed by atoms with E-state index in [1.165, 1.54) is 12.8 Å². The average molecular weight is 409 g/mol. The number of hydrogen-bond donors (Lipinski definition) is 1. The molecule has 5 heteroatoms. The van der Waals surface area contributed by atoms with Gasteiger partial charge in [0, 0.05) is 29.9 Å². The minimum absolute atomic E-state index is 0.0379. The highest BCUT2D eigenvalue weighted by atomic mass is 16.5. The monoisotopic (exact) mass is 408 g/mol. The summed E-state index contributed by atoms with van der Waals surface area (Å²) in [7, 11) is 0. The summed E-state index contributed by atoms with van der Waals surface area (Å²) < 4.78 is 5.70. The van der Waals surface area contributed by atoms with Crippen molar-refractivity contribution >= 4 is 17.5 Å². The minimum atomic E-state index is -0.205. The predicted octanol–water partition coefficient (Wildman–Crippen LogP) is 5.38. The molecule has 0 unspecified atom stereocenters. The second-order valence-corrected chi connectivity index (χ2v) is 8.30. The maximum atomic E-state index is 12.8. The third-order valence-electron chi connectivity index (χ3n) is 5.34. The molecule has 1 aliphatic heterocycles. The van der Waals surface area contributed by atoms with Crippen molar-refractivity contribution in [3.63, 3.8) is 0 Å². The molecule has 160 valence electrons. The quantitative estimate of drug-likeness (QED) is 0.669. The first-order valence-electron chi connectivity index (χ1n) is 11.0. The van der Waals surface area contributed by atoms with Crippen LogP contribution in [0.2, 0.25) is 0 Å². The molecule has 0 saturated carbocycles. The van der Waals surface area contributed by atoms with Crippen molar-refractivity contribution in [2.75, 3.05) is 25.0 Å². The lowest BCUT2D eigenvalue weighted by atomic mass is 10.1. The Balaban J connectivity index is 1.60. The SMILES string of the molecule is CC(C)CCOc1ccc(C(=O)Nc2cccc(C(=O)N3CCCCCC3)c2)cc1. The number of rotatable bonds is 7. The van der Waals surface area contributed by atoms with Gasteiger partial charge in [-0.05, 0) is 67.6 Å². The highest BCUT2D eigenvalue weighted by Gasteiger charge is 2.18. The van der Waals surface area contributed by atoms with Crippen molar-refractivity contribution in [2.24, 2.45) is 5.92 Å². The molecule has 3 rings (SSSR count). The van der Waals surface area contributed by atoms with Crippen LogP contribution in [0, 0.1) is 5.92 Å². The Morgan fingerprint density at radius 3 is 2.33 bits per heavy atom. The standard InChI is InChI=1S/C25H32N2O3/c1-19(2)14-17-30-23-12-10-20(11-13-23)24(28)26-22-9-7-8-21(18-22)25(29)27-15-5-3-4-6-16-27/h7-13,18-19H,3-6,14-17H2,1-2H3,(H,26,28). The van der Waals surface area contributed by atoms with Crippen LogP contribution in [0.25, 0.3) is 0 Å². The Morgan fingerprint density at radius 2 is 1.67 bits per heavy atom. The third kappa shape index (κ3) is 6.34. The van der Waals surface area contributed by atoms with Crippen molar-refractivity contribution in [1.29, 1.82) is 0 Å². The number of carbonyl (C=O) groups is 2. The molecule has 1 fully saturated rings. The minimum Gasteiger partial charge on any atom is -0.494 e. The van der Waals surface area contributed by atoms with Gasteiger partial charge in [0.15, 0.2) is 0 Å². The summed E-state index contributed by atoms with van der Waals surface area (Å²) in [6.07, 6.45) is 5.47. The molecule has 2 aromatic rings. The molecule has 0 aliphatic carbocycles. The van der Waals surface area contributed by atoms with E-state index in [9.17, 15) is 9.59 Å². The van der Waals surface area contributed by atoms with Crippen LogP contribution in [-0.2, 0) is 0 Å². The van der Waals surface area contributed by atoms with E-state index in [2.05, 4.69) is 19.2 Å². The smallest absolute Gasteiger partial charge is 0.255 e. The number of nitrogens with zero attached hydrogens (tertiary/aromatic N) is 1. The predicted molar refractivity (Wildman–Crippen MR) is 120 cm³/mol. The Hall–Kier alpha value is -2.82. The number of amides is 2. The largest absolute Gasteiger partial charge is 0.494 e. The van der Waals surface area contributed by atoms with Gasteiger partial charge in [0.1, 0.15) is 5.75 Å². The molecule has 1 saturated heterocycles. The zero-order chi connectivity index (χ0) is 21.3. The van der Waals surface area contributed by atoms with Crippen LogP contribution in [0.3, 0.4) is 0 Å². The summed E-state index contributed by atoms with van der Waals surface area (Å²) in [5, 5.41) is 2.90. The van der Waals surface area contributed by atoms with E-state index < -0.39 is 0 Å². The zero-order valence-corrected chi connectivity index (χ0v) is 18.0. The number of nitrogens with one attached hydrogen (secondary N) is 1. The Morgan fingerprint density at radius 1 is 0.967 bits per heavy atom. The van der Waals surface area contributed by atoms with Crippen molar-refractivity contribution in [3.05, 3.63) is 59.7 Å². The Bertz CT molecular complexity index is 838. The maximum Gasteiger partial charge on any atom is 0.255 e. The lowest BCUT2D eigenvalue weighted by Crippen LogP contribution is -2.31. The Kier molecular flexibility index (Phi) is 7.89. The van der Waals surface area contributed by atoms with Crippen LogP contribution < -0.4 is 10.1 Å². The molecule has 1 aliphatic rings. The van der Waals surface area contributed by atoms with Crippen LogP contribution in [0.1, 0.15) is 66.7 Å². The number of anilines is 1. The maximum absolute atomic E-state index is 12.8. The van der Waals surface area contributed by atoms with E-state index >= 15 is 0 Å². The molecule has 0 bridgehead atoms. The van der Waals surface area contributed by atoms with Gasteiger partial charge in [0.05, 0.1) is 6.61 Å². The fourth-order valence-corrected chi connectivity index (χ4v) is 3.50. The van der Waals surface area contributed by atoms with Crippen molar-refractivity contribution in [2.45, 2.75) is 46.0 Å². The van der Waals surface area contributed by atoms with E-state index in [-0.39, 0.29) is 11.8 Å². The van der Waals surface area contributed by atoms with Crippen LogP contribution in [-0.4, -0.2) is 36.4 Å². The summed E-state index contributed by atoms with van der Waals surface area (Å²) in [4.78, 5) is 27.4. The molecule has 0 radical (unpaired) electrons. The number of benzene rings is 2. The van der Waals surface area contributed by atoms with Crippen molar-refractivity contribution in [3.8, 4) is 5.75 Å². The first-order chi connectivity index (χ1) is 14.5. The van der Waals surface area contributed by atoms with Crippen LogP contribution >= 0.6 is 0 Å². The normalized spacial score (nSPS) is 14.3. The number of carbonyl (C=O) groups excluding carboxylic acids is 2. The molecule has 0 atom stereocenters. The molecule has 1 heterocycles. The fourth-order valence-electron chi connectivity index (χ4n) is 3.50. The second-order valence-electron chi connectivity index (χ2n) is 8.30. The molecule has 0 spiro atoms. The van der Waals surface area contributed by atoms with E-state index in [4.69, 9.17) is 4.74 Å². The van der Waals surface area contributed by atoms with E-state index in [0.29, 0.717) is 29.3 Å². The van der Waals surface area contributed by atoms with Gasteiger partial charge in [0.2, 0.25) is 0 Å². The first kappa shape index (κ1) is 21.9. The topological polar surface area (TPSA) is 58.6 Å². The van der Waals surface area contributed by atoms with Gasteiger partial charge < -0.3 is 15.0 Å². The lowest BCUT2D eigenvalue weighted by molar-refractivity contribution is 0.0761. The highest BCUT2D eigenvalue weighted by Crippen LogP contribution is 2.18. The summed E-state index contributed by atoms with van der Waals surface area (Å²) in [5.74, 6) is 1.19. The van der Waals surface area contributed by atoms with E-state index in [1.807, 2.05) is 29.2 Å². The van der Waals surface area contributed by atoms with E-state index in [1.54, 1.807) is 24.3 Å². The lowest BCUT2D eigenvalue weighted by Gasteiger charge is -2.20. The summed E-state index contributed by atoms with van der Waals surface area (Å²) in [5.41, 5.74) is 1.79.